The Morgan fingerprint density at radius 3 is 1.82 bits per heavy atom. The van der Waals surface area contributed by atoms with Gasteiger partial charge in [-0.15, -0.1) is 24.3 Å². The van der Waals surface area contributed by atoms with Crippen molar-refractivity contribution in [1.82, 2.24) is 0 Å². The maximum atomic E-state index is 10.8. The highest BCUT2D eigenvalue weighted by atomic mass is 31.1. The SMILES string of the molecule is C=CCCP(CCC(=O)N=O)CCC(=O)N=O. The molecule has 0 aliphatic heterocycles. The smallest absolute Gasteiger partial charge is 0.269 e. The van der Waals surface area contributed by atoms with E-state index in [-0.39, 0.29) is 12.8 Å². The summed E-state index contributed by atoms with van der Waals surface area (Å²) < 4.78 is 0. The Balaban J connectivity index is 4.07. The number of amides is 2. The minimum Gasteiger partial charge on any atom is -0.269 e. The van der Waals surface area contributed by atoms with E-state index in [1.807, 2.05) is 0 Å². The molecule has 0 heterocycles. The van der Waals surface area contributed by atoms with E-state index in [0.29, 0.717) is 12.3 Å². The fraction of sp³-hybridized carbons (Fsp3) is 0.600. The fourth-order valence-corrected chi connectivity index (χ4v) is 3.44. The molecule has 2 amide bonds. The molecule has 0 aliphatic rings. The molecule has 0 aromatic heterocycles. The van der Waals surface area contributed by atoms with Crippen LogP contribution in [0.3, 0.4) is 0 Å². The minimum absolute atomic E-state index is 0.106. The van der Waals surface area contributed by atoms with Crippen molar-refractivity contribution in [2.45, 2.75) is 19.3 Å². The monoisotopic (exact) mass is 258 g/mol. The Morgan fingerprint density at radius 2 is 1.47 bits per heavy atom. The van der Waals surface area contributed by atoms with Crippen molar-refractivity contribution >= 4 is 19.7 Å². The van der Waals surface area contributed by atoms with E-state index in [4.69, 9.17) is 0 Å². The van der Waals surface area contributed by atoms with Gasteiger partial charge in [-0.3, -0.25) is 9.59 Å². The quantitative estimate of drug-likeness (QED) is 0.360. The van der Waals surface area contributed by atoms with E-state index >= 15 is 0 Å². The number of carbonyl (C=O) groups is 2. The number of nitrogens with zero attached hydrogens (tertiary/aromatic N) is 2. The molecule has 0 aliphatic carbocycles. The van der Waals surface area contributed by atoms with E-state index in [1.54, 1.807) is 6.08 Å². The van der Waals surface area contributed by atoms with E-state index < -0.39 is 19.7 Å². The predicted molar refractivity (Wildman–Crippen MR) is 67.2 cm³/mol. The van der Waals surface area contributed by atoms with Crippen LogP contribution in [0, 0.1) is 9.81 Å². The lowest BCUT2D eigenvalue weighted by Gasteiger charge is -2.14. The largest absolute Gasteiger partial charge is 0.286 e. The highest BCUT2D eigenvalue weighted by Gasteiger charge is 2.12. The molecule has 0 aromatic carbocycles. The molecule has 0 fully saturated rings. The third kappa shape index (κ3) is 8.51. The van der Waals surface area contributed by atoms with Crippen LogP contribution in [-0.4, -0.2) is 30.3 Å². The normalized spacial score (nSPS) is 9.94. The lowest BCUT2D eigenvalue weighted by Crippen LogP contribution is -2.03. The fourth-order valence-electron chi connectivity index (χ4n) is 1.21. The molecule has 0 N–H and O–H groups in total. The molecule has 17 heavy (non-hydrogen) atoms. The van der Waals surface area contributed by atoms with Gasteiger partial charge in [-0.2, -0.15) is 0 Å². The molecule has 0 radical (unpaired) electrons. The van der Waals surface area contributed by atoms with Gasteiger partial charge >= 0.3 is 0 Å². The van der Waals surface area contributed by atoms with Crippen molar-refractivity contribution in [2.75, 3.05) is 18.5 Å². The molecular formula is C10H15N2O4P. The van der Waals surface area contributed by atoms with Crippen molar-refractivity contribution in [2.24, 2.45) is 10.4 Å². The zero-order valence-electron chi connectivity index (χ0n) is 9.50. The Bertz CT molecular complexity index is 283. The van der Waals surface area contributed by atoms with E-state index in [1.165, 1.54) is 0 Å². The average molecular weight is 258 g/mol. The van der Waals surface area contributed by atoms with Crippen molar-refractivity contribution in [3.05, 3.63) is 22.5 Å². The molecule has 0 rings (SSSR count). The first kappa shape index (κ1) is 15.7. The van der Waals surface area contributed by atoms with Gasteiger partial charge in [0.05, 0.1) is 0 Å². The van der Waals surface area contributed by atoms with Gasteiger partial charge in [0, 0.05) is 23.2 Å². The highest BCUT2D eigenvalue weighted by molar-refractivity contribution is 7.57. The third-order valence-electron chi connectivity index (χ3n) is 2.14. The molecule has 0 bridgehead atoms. The number of rotatable bonds is 9. The molecule has 7 heteroatoms. The molecule has 6 nitrogen and oxygen atoms in total. The summed E-state index contributed by atoms with van der Waals surface area (Å²) in [7, 11) is -0.554. The van der Waals surface area contributed by atoms with Crippen LogP contribution in [-0.2, 0) is 9.59 Å². The first-order valence-electron chi connectivity index (χ1n) is 5.19. The number of nitroso groups, excluding NO2 is 2. The van der Waals surface area contributed by atoms with Gasteiger partial charge in [-0.05, 0) is 24.9 Å². The molecule has 0 atom stereocenters. The van der Waals surface area contributed by atoms with Crippen LogP contribution >= 0.6 is 7.92 Å². The average Bonchev–Trinajstić information content (AvgIpc) is 2.36. The first-order valence-corrected chi connectivity index (χ1v) is 7.09. The maximum absolute atomic E-state index is 10.8. The van der Waals surface area contributed by atoms with Crippen LogP contribution in [0.25, 0.3) is 0 Å². The van der Waals surface area contributed by atoms with E-state index in [9.17, 15) is 19.4 Å². The van der Waals surface area contributed by atoms with Crippen LogP contribution in [0.15, 0.2) is 23.0 Å². The summed E-state index contributed by atoms with van der Waals surface area (Å²) in [6.45, 7) is 3.59. The molecule has 0 aromatic rings. The van der Waals surface area contributed by atoms with Crippen LogP contribution in [0.1, 0.15) is 19.3 Å². The zero-order chi connectivity index (χ0) is 13.1. The Labute approximate surface area is 101 Å². The minimum atomic E-state index is -0.670. The predicted octanol–water partition coefficient (Wildman–Crippen LogP) is 2.41. The summed E-state index contributed by atoms with van der Waals surface area (Å²) in [6.07, 6.45) is 4.70. The standard InChI is InChI=1S/C10H15N2O4P/c1-2-3-6-17(7-4-9(13)11-15)8-5-10(14)12-16/h2H,1,3-8H2. The molecule has 0 spiro atoms. The first-order chi connectivity index (χ1) is 8.13. The Hall–Kier alpha value is -1.29. The third-order valence-corrected chi connectivity index (χ3v) is 4.74. The van der Waals surface area contributed by atoms with E-state index in [0.717, 1.165) is 12.6 Å². The Morgan fingerprint density at radius 1 is 1.00 bits per heavy atom. The highest BCUT2D eigenvalue weighted by Crippen LogP contribution is 2.37. The van der Waals surface area contributed by atoms with Crippen LogP contribution < -0.4 is 0 Å². The van der Waals surface area contributed by atoms with Gasteiger partial charge < -0.3 is 0 Å². The molecule has 94 valence electrons. The molecule has 0 saturated heterocycles. The van der Waals surface area contributed by atoms with Gasteiger partial charge in [0.1, 0.15) is 0 Å². The summed E-state index contributed by atoms with van der Waals surface area (Å²) >= 11 is 0. The zero-order valence-corrected chi connectivity index (χ0v) is 10.4. The van der Waals surface area contributed by atoms with Crippen molar-refractivity contribution in [1.29, 1.82) is 0 Å². The van der Waals surface area contributed by atoms with Crippen LogP contribution in [0.4, 0.5) is 0 Å². The van der Waals surface area contributed by atoms with Crippen LogP contribution in [0.5, 0.6) is 0 Å². The molecular weight excluding hydrogens is 243 g/mol. The van der Waals surface area contributed by atoms with Gasteiger partial charge in [0.2, 0.25) is 0 Å². The summed E-state index contributed by atoms with van der Waals surface area (Å²) in [5.41, 5.74) is 0. The summed E-state index contributed by atoms with van der Waals surface area (Å²) in [6, 6.07) is 0. The van der Waals surface area contributed by atoms with Crippen molar-refractivity contribution in [3.8, 4) is 0 Å². The van der Waals surface area contributed by atoms with Crippen molar-refractivity contribution in [3.63, 3.8) is 0 Å². The van der Waals surface area contributed by atoms with E-state index in [2.05, 4.69) is 16.9 Å². The molecule has 0 saturated carbocycles. The Kier molecular flexibility index (Phi) is 9.15. The summed E-state index contributed by atoms with van der Waals surface area (Å²) in [5.74, 6) is -1.34. The number of hydrogen-bond acceptors (Lipinski definition) is 4. The lowest BCUT2D eigenvalue weighted by molar-refractivity contribution is -0.118. The number of carbonyl (C=O) groups excluding carboxylic acids is 2. The molecule has 0 unspecified atom stereocenters. The van der Waals surface area contributed by atoms with Gasteiger partial charge in [-0.25, -0.2) is 0 Å². The van der Waals surface area contributed by atoms with Gasteiger partial charge in [0.25, 0.3) is 11.8 Å². The summed E-state index contributed by atoms with van der Waals surface area (Å²) in [4.78, 5) is 41.4. The second-order valence-electron chi connectivity index (χ2n) is 3.39. The van der Waals surface area contributed by atoms with Gasteiger partial charge in [0.15, 0.2) is 0 Å². The number of allylic oxidation sites excluding steroid dienone is 1. The number of hydrogen-bond donors (Lipinski definition) is 0. The maximum Gasteiger partial charge on any atom is 0.286 e. The summed E-state index contributed by atoms with van der Waals surface area (Å²) in [5, 5.41) is 4.64. The lowest BCUT2D eigenvalue weighted by atomic mass is 10.5. The van der Waals surface area contributed by atoms with Gasteiger partial charge in [-0.1, -0.05) is 6.08 Å². The van der Waals surface area contributed by atoms with Crippen LogP contribution in [0.2, 0.25) is 0 Å². The second-order valence-corrected chi connectivity index (χ2v) is 6.07. The topological polar surface area (TPSA) is 93.0 Å². The van der Waals surface area contributed by atoms with Crippen molar-refractivity contribution < 1.29 is 9.59 Å². The second kappa shape index (κ2) is 9.90.